The number of pyridine rings is 1. The van der Waals surface area contributed by atoms with Gasteiger partial charge in [-0.15, -0.1) is 0 Å². The molecule has 3 heterocycles. The molecule has 1 saturated heterocycles. The minimum absolute atomic E-state index is 0.0830. The number of aromatic nitrogens is 1. The van der Waals surface area contributed by atoms with Crippen LogP contribution in [0.5, 0.6) is 0 Å². The van der Waals surface area contributed by atoms with Crippen molar-refractivity contribution in [1.29, 1.82) is 0 Å². The Balaban J connectivity index is 1.97. The van der Waals surface area contributed by atoms with Crippen molar-refractivity contribution in [2.75, 3.05) is 36.5 Å². The largest absolute Gasteiger partial charge is 0.460 e. The third kappa shape index (κ3) is 6.45. The molecule has 0 unspecified atom stereocenters. The Morgan fingerprint density at radius 1 is 1.09 bits per heavy atom. The lowest BCUT2D eigenvalue weighted by Gasteiger charge is -2.41. The molecule has 0 aromatic carbocycles. The van der Waals surface area contributed by atoms with Crippen LogP contribution < -0.4 is 10.2 Å². The molecule has 35 heavy (non-hydrogen) atoms. The summed E-state index contributed by atoms with van der Waals surface area (Å²) in [5.41, 5.74) is -3.37. The molecule has 1 N–H and O–H groups in total. The summed E-state index contributed by atoms with van der Waals surface area (Å²) in [6.45, 7) is 10.1. The highest BCUT2D eigenvalue weighted by molar-refractivity contribution is 5.97. The van der Waals surface area contributed by atoms with Gasteiger partial charge in [0.15, 0.2) is 0 Å². The first-order valence-electron chi connectivity index (χ1n) is 11.0. The predicted molar refractivity (Wildman–Crippen MR) is 118 cm³/mol. The summed E-state index contributed by atoms with van der Waals surface area (Å²) in [6.07, 6.45) is -6.60. The van der Waals surface area contributed by atoms with Crippen LogP contribution in [0.15, 0.2) is 6.07 Å². The molecule has 0 aliphatic carbocycles. The fraction of sp³-hybridized carbons (Fsp3) is 0.636. The Morgan fingerprint density at radius 3 is 2.29 bits per heavy atom. The summed E-state index contributed by atoms with van der Waals surface area (Å²) in [5, 5.41) is 2.05. The van der Waals surface area contributed by atoms with E-state index < -0.39 is 53.0 Å². The van der Waals surface area contributed by atoms with Crippen molar-refractivity contribution in [2.45, 2.75) is 65.0 Å². The number of ether oxygens (including phenoxy) is 3. The molecule has 1 fully saturated rings. The highest BCUT2D eigenvalue weighted by Crippen LogP contribution is 2.39. The quantitative estimate of drug-likeness (QED) is 0.453. The van der Waals surface area contributed by atoms with Gasteiger partial charge in [-0.3, -0.25) is 5.32 Å². The first-order chi connectivity index (χ1) is 15.9. The van der Waals surface area contributed by atoms with Crippen LogP contribution in [-0.2, 0) is 20.4 Å². The van der Waals surface area contributed by atoms with Crippen LogP contribution in [-0.4, -0.2) is 71.5 Å². The fourth-order valence-corrected chi connectivity index (χ4v) is 3.60. The van der Waals surface area contributed by atoms with Gasteiger partial charge in [0.2, 0.25) is 0 Å². The number of fused-ring (bicyclic) bond motifs is 3. The molecule has 0 spiro atoms. The van der Waals surface area contributed by atoms with Crippen molar-refractivity contribution >= 4 is 29.8 Å². The fourth-order valence-electron chi connectivity index (χ4n) is 3.60. The smallest absolute Gasteiger partial charge is 0.419 e. The Labute approximate surface area is 200 Å². The maximum atomic E-state index is 13.8. The number of nitrogens with zero attached hydrogens (tertiary/aromatic N) is 3. The molecular formula is C22H29F3N4O6. The van der Waals surface area contributed by atoms with E-state index >= 15 is 0 Å². The first kappa shape index (κ1) is 26.4. The van der Waals surface area contributed by atoms with E-state index in [1.165, 1.54) is 4.90 Å². The van der Waals surface area contributed by atoms with Gasteiger partial charge in [0.05, 0.1) is 11.6 Å². The van der Waals surface area contributed by atoms with Gasteiger partial charge in [-0.05, 0) is 47.6 Å². The summed E-state index contributed by atoms with van der Waals surface area (Å²) in [5.74, 6) is -1.87. The minimum Gasteiger partial charge on any atom is -0.460 e. The van der Waals surface area contributed by atoms with Crippen molar-refractivity contribution in [2.24, 2.45) is 0 Å². The molecule has 1 atom stereocenters. The second-order valence-electron chi connectivity index (χ2n) is 10.3. The van der Waals surface area contributed by atoms with E-state index in [1.54, 1.807) is 46.4 Å². The van der Waals surface area contributed by atoms with Crippen LogP contribution in [0.4, 0.5) is 34.4 Å². The molecule has 2 amide bonds. The average molecular weight is 502 g/mol. The number of cyclic esters (lactones) is 1. The summed E-state index contributed by atoms with van der Waals surface area (Å²) >= 11 is 0. The topological polar surface area (TPSA) is 110 Å². The zero-order valence-electron chi connectivity index (χ0n) is 20.4. The molecule has 1 aromatic rings. The molecule has 1 aromatic heterocycles. The molecule has 13 heteroatoms. The van der Waals surface area contributed by atoms with Gasteiger partial charge in [0.25, 0.3) is 0 Å². The number of carbonyl (C=O) groups excluding carboxylic acids is 3. The molecule has 194 valence electrons. The third-order valence-corrected chi connectivity index (χ3v) is 4.96. The van der Waals surface area contributed by atoms with Gasteiger partial charge < -0.3 is 24.0 Å². The Hall–Kier alpha value is -3.25. The average Bonchev–Trinajstić information content (AvgIpc) is 2.80. The SMILES string of the molecule is CC(C)(C)OC(=O)Nc1nc2c(cc1C(F)(F)F)C(=O)OC[C@H]1CN(C(=O)OC(C)(C)C)CCN21. The number of carbonyl (C=O) groups is 3. The van der Waals surface area contributed by atoms with E-state index in [4.69, 9.17) is 14.2 Å². The maximum Gasteiger partial charge on any atom is 0.419 e. The summed E-state index contributed by atoms with van der Waals surface area (Å²) < 4.78 is 57.0. The number of anilines is 2. The van der Waals surface area contributed by atoms with Crippen molar-refractivity contribution in [3.63, 3.8) is 0 Å². The first-order valence-corrected chi connectivity index (χ1v) is 11.0. The molecule has 3 rings (SSSR count). The molecule has 2 aliphatic rings. The number of nitrogens with one attached hydrogen (secondary N) is 1. The van der Waals surface area contributed by atoms with Gasteiger partial charge >= 0.3 is 24.3 Å². The monoisotopic (exact) mass is 502 g/mol. The van der Waals surface area contributed by atoms with E-state index in [1.807, 2.05) is 0 Å². The molecule has 2 aliphatic heterocycles. The van der Waals surface area contributed by atoms with Crippen LogP contribution in [0.3, 0.4) is 0 Å². The summed E-state index contributed by atoms with van der Waals surface area (Å²) in [4.78, 5) is 44.4. The Morgan fingerprint density at radius 2 is 1.71 bits per heavy atom. The molecular weight excluding hydrogens is 473 g/mol. The van der Waals surface area contributed by atoms with Gasteiger partial charge in [-0.1, -0.05) is 0 Å². The van der Waals surface area contributed by atoms with Crippen molar-refractivity contribution in [1.82, 2.24) is 9.88 Å². The maximum absolute atomic E-state index is 13.8. The molecule has 10 nitrogen and oxygen atoms in total. The molecule has 0 saturated carbocycles. The number of amides is 2. The van der Waals surface area contributed by atoms with Crippen molar-refractivity contribution in [3.05, 3.63) is 17.2 Å². The van der Waals surface area contributed by atoms with Crippen molar-refractivity contribution < 1.29 is 41.8 Å². The van der Waals surface area contributed by atoms with E-state index in [-0.39, 0.29) is 37.6 Å². The lowest BCUT2D eigenvalue weighted by atomic mass is 10.1. The Kier molecular flexibility index (Phi) is 6.84. The lowest BCUT2D eigenvalue weighted by molar-refractivity contribution is -0.137. The number of piperazine rings is 1. The second kappa shape index (κ2) is 9.08. The van der Waals surface area contributed by atoms with Crippen LogP contribution in [0.25, 0.3) is 0 Å². The van der Waals surface area contributed by atoms with E-state index in [9.17, 15) is 27.6 Å². The summed E-state index contributed by atoms with van der Waals surface area (Å²) in [7, 11) is 0. The number of alkyl halides is 3. The van der Waals surface area contributed by atoms with Crippen LogP contribution >= 0.6 is 0 Å². The number of hydrogen-bond donors (Lipinski definition) is 1. The lowest BCUT2D eigenvalue weighted by Crippen LogP contribution is -2.57. The highest BCUT2D eigenvalue weighted by atomic mass is 19.4. The second-order valence-corrected chi connectivity index (χ2v) is 10.3. The highest BCUT2D eigenvalue weighted by Gasteiger charge is 2.42. The number of rotatable bonds is 1. The summed E-state index contributed by atoms with van der Waals surface area (Å²) in [6, 6.07) is 0.0278. The van der Waals surface area contributed by atoms with Crippen LogP contribution in [0.1, 0.15) is 57.5 Å². The normalized spacial score (nSPS) is 18.7. The third-order valence-electron chi connectivity index (χ3n) is 4.96. The standard InChI is InChI=1S/C22H29F3N4O6/c1-20(2,3)34-18(31)27-15-14(22(23,24)25)9-13-16(26-15)29-8-7-28(19(32)35-21(4,5)6)10-12(29)11-33-17(13)30/h9,12H,7-8,10-11H2,1-6H3,(H,26,27,31)/t12-/m1/s1. The zero-order valence-corrected chi connectivity index (χ0v) is 20.4. The number of hydrogen-bond acceptors (Lipinski definition) is 8. The van der Waals surface area contributed by atoms with Crippen LogP contribution in [0, 0.1) is 0 Å². The minimum atomic E-state index is -4.92. The van der Waals surface area contributed by atoms with Crippen LogP contribution in [0.2, 0.25) is 0 Å². The zero-order chi connectivity index (χ0) is 26.3. The van der Waals surface area contributed by atoms with Gasteiger partial charge in [-0.2, -0.15) is 13.2 Å². The van der Waals surface area contributed by atoms with E-state index in [2.05, 4.69) is 10.3 Å². The predicted octanol–water partition coefficient (Wildman–Crippen LogP) is 4.04. The number of esters is 1. The van der Waals surface area contributed by atoms with Gasteiger partial charge in [0, 0.05) is 19.6 Å². The van der Waals surface area contributed by atoms with Crippen molar-refractivity contribution in [3.8, 4) is 0 Å². The van der Waals surface area contributed by atoms with Gasteiger partial charge in [0.1, 0.15) is 35.0 Å². The van der Waals surface area contributed by atoms with Gasteiger partial charge in [-0.25, -0.2) is 19.4 Å². The van der Waals surface area contributed by atoms with E-state index in [0.29, 0.717) is 6.07 Å². The number of halogens is 3. The molecule has 0 bridgehead atoms. The Bertz CT molecular complexity index is 1020. The van der Waals surface area contributed by atoms with E-state index in [0.717, 1.165) is 0 Å². The molecule has 0 radical (unpaired) electrons.